The van der Waals surface area contributed by atoms with Gasteiger partial charge in [0.15, 0.2) is 0 Å². The molecule has 0 radical (unpaired) electrons. The van der Waals surface area contributed by atoms with Crippen molar-refractivity contribution in [2.45, 2.75) is 26.0 Å². The number of carbonyl (C=O) groups excluding carboxylic acids is 1. The van der Waals surface area contributed by atoms with Gasteiger partial charge in [0, 0.05) is 11.6 Å². The van der Waals surface area contributed by atoms with Crippen LogP contribution in [0.3, 0.4) is 0 Å². The van der Waals surface area contributed by atoms with Gasteiger partial charge in [-0.05, 0) is 31.5 Å². The lowest BCUT2D eigenvalue weighted by Gasteiger charge is -2.17. The van der Waals surface area contributed by atoms with Gasteiger partial charge in [-0.3, -0.25) is 4.79 Å². The molecular weight excluding hydrogens is 270 g/mol. The zero-order valence-electron chi connectivity index (χ0n) is 9.66. The van der Waals surface area contributed by atoms with Crippen LogP contribution in [0.1, 0.15) is 25.5 Å². The minimum Gasteiger partial charge on any atom is -0.372 e. The third kappa shape index (κ3) is 3.61. The Hall–Kier alpha value is -0.870. The van der Waals surface area contributed by atoms with Crippen LogP contribution < -0.4 is 5.32 Å². The Balaban J connectivity index is 2.65. The summed E-state index contributed by atoms with van der Waals surface area (Å²) in [5, 5.41) is 2.89. The molecule has 2 atom stereocenters. The van der Waals surface area contributed by atoms with Gasteiger partial charge in [-0.2, -0.15) is 0 Å². The number of ether oxygens (including phenoxy) is 1. The van der Waals surface area contributed by atoms with E-state index in [-0.39, 0.29) is 11.9 Å². The summed E-state index contributed by atoms with van der Waals surface area (Å²) in [5.74, 6) is -0.102. The summed E-state index contributed by atoms with van der Waals surface area (Å²) in [7, 11) is 1.52. The van der Waals surface area contributed by atoms with E-state index in [0.29, 0.717) is 0 Å². The van der Waals surface area contributed by atoms with E-state index in [1.54, 1.807) is 6.92 Å². The van der Waals surface area contributed by atoms with Gasteiger partial charge in [0.2, 0.25) is 5.91 Å². The van der Waals surface area contributed by atoms with Gasteiger partial charge in [-0.1, -0.05) is 28.1 Å². The highest BCUT2D eigenvalue weighted by molar-refractivity contribution is 9.10. The van der Waals surface area contributed by atoms with Crippen LogP contribution in [-0.2, 0) is 9.53 Å². The van der Waals surface area contributed by atoms with Gasteiger partial charge in [-0.25, -0.2) is 0 Å². The van der Waals surface area contributed by atoms with Crippen molar-refractivity contribution in [1.82, 2.24) is 5.32 Å². The minimum absolute atomic E-state index is 0.0254. The van der Waals surface area contributed by atoms with Gasteiger partial charge in [0.1, 0.15) is 6.10 Å². The van der Waals surface area contributed by atoms with Crippen LogP contribution in [0.2, 0.25) is 0 Å². The molecule has 4 heteroatoms. The van der Waals surface area contributed by atoms with E-state index in [9.17, 15) is 4.79 Å². The largest absolute Gasteiger partial charge is 0.372 e. The van der Waals surface area contributed by atoms with Crippen molar-refractivity contribution in [3.05, 3.63) is 34.3 Å². The summed E-state index contributed by atoms with van der Waals surface area (Å²) in [6.45, 7) is 3.67. The van der Waals surface area contributed by atoms with E-state index in [2.05, 4.69) is 21.2 Å². The second-order valence-corrected chi connectivity index (χ2v) is 4.58. The second kappa shape index (κ2) is 6.01. The van der Waals surface area contributed by atoms with Gasteiger partial charge in [0.05, 0.1) is 6.04 Å². The lowest BCUT2D eigenvalue weighted by molar-refractivity contribution is -0.130. The number of rotatable bonds is 4. The lowest BCUT2D eigenvalue weighted by atomic mass is 10.1. The maximum absolute atomic E-state index is 11.6. The van der Waals surface area contributed by atoms with Crippen LogP contribution in [0.15, 0.2) is 28.7 Å². The number of methoxy groups -OCH3 is 1. The summed E-state index contributed by atoms with van der Waals surface area (Å²) < 4.78 is 5.96. The Kier molecular flexibility index (Phi) is 4.96. The first-order chi connectivity index (χ1) is 7.54. The monoisotopic (exact) mass is 285 g/mol. The molecule has 1 aromatic rings. The van der Waals surface area contributed by atoms with Crippen LogP contribution in [0, 0.1) is 0 Å². The normalized spacial score (nSPS) is 14.2. The smallest absolute Gasteiger partial charge is 0.249 e. The highest BCUT2D eigenvalue weighted by Crippen LogP contribution is 2.17. The number of carbonyl (C=O) groups is 1. The molecule has 0 heterocycles. The standard InChI is InChI=1S/C12H16BrNO2/c1-8(14-12(15)9(2)16-3)10-5-4-6-11(13)7-10/h4-9H,1-3H3,(H,14,15). The Morgan fingerprint density at radius 1 is 1.44 bits per heavy atom. The molecule has 0 fully saturated rings. The summed E-state index contributed by atoms with van der Waals surface area (Å²) in [6.07, 6.45) is -0.422. The number of benzene rings is 1. The van der Waals surface area contributed by atoms with Crippen molar-refractivity contribution in [1.29, 1.82) is 0 Å². The maximum atomic E-state index is 11.6. The van der Waals surface area contributed by atoms with E-state index in [1.807, 2.05) is 31.2 Å². The summed E-state index contributed by atoms with van der Waals surface area (Å²) >= 11 is 3.40. The minimum atomic E-state index is -0.422. The predicted molar refractivity (Wildman–Crippen MR) is 67.2 cm³/mol. The van der Waals surface area contributed by atoms with Crippen LogP contribution in [0.5, 0.6) is 0 Å². The van der Waals surface area contributed by atoms with Crippen molar-refractivity contribution < 1.29 is 9.53 Å². The van der Waals surface area contributed by atoms with Crippen LogP contribution in [0.4, 0.5) is 0 Å². The van der Waals surface area contributed by atoms with Crippen LogP contribution >= 0.6 is 15.9 Å². The molecule has 1 N–H and O–H groups in total. The fraction of sp³-hybridized carbons (Fsp3) is 0.417. The van der Waals surface area contributed by atoms with Gasteiger partial charge in [0.25, 0.3) is 0 Å². The molecule has 0 aliphatic rings. The maximum Gasteiger partial charge on any atom is 0.249 e. The Bertz CT molecular complexity index is 368. The number of hydrogen-bond acceptors (Lipinski definition) is 2. The number of amides is 1. The average Bonchev–Trinajstić information content (AvgIpc) is 2.27. The van der Waals surface area contributed by atoms with Gasteiger partial charge >= 0.3 is 0 Å². The molecule has 2 unspecified atom stereocenters. The molecule has 16 heavy (non-hydrogen) atoms. The molecule has 0 bridgehead atoms. The first-order valence-corrected chi connectivity index (χ1v) is 5.92. The highest BCUT2D eigenvalue weighted by atomic mass is 79.9. The van der Waals surface area contributed by atoms with Crippen molar-refractivity contribution in [3.8, 4) is 0 Å². The first-order valence-electron chi connectivity index (χ1n) is 5.13. The summed E-state index contributed by atoms with van der Waals surface area (Å²) in [4.78, 5) is 11.6. The third-order valence-electron chi connectivity index (χ3n) is 2.43. The molecule has 3 nitrogen and oxygen atoms in total. The summed E-state index contributed by atoms with van der Waals surface area (Å²) in [6, 6.07) is 7.84. The van der Waals surface area contributed by atoms with Crippen molar-refractivity contribution >= 4 is 21.8 Å². The average molecular weight is 286 g/mol. The zero-order valence-corrected chi connectivity index (χ0v) is 11.2. The van der Waals surface area contributed by atoms with E-state index < -0.39 is 6.10 Å². The molecule has 0 saturated carbocycles. The molecule has 1 rings (SSSR count). The fourth-order valence-electron chi connectivity index (χ4n) is 1.30. The molecule has 0 aromatic heterocycles. The van der Waals surface area contributed by atoms with E-state index >= 15 is 0 Å². The molecule has 0 aliphatic heterocycles. The number of nitrogens with one attached hydrogen (secondary N) is 1. The zero-order chi connectivity index (χ0) is 12.1. The SMILES string of the molecule is COC(C)C(=O)NC(C)c1cccc(Br)c1. The quantitative estimate of drug-likeness (QED) is 0.924. The Labute approximate surface area is 104 Å². The lowest BCUT2D eigenvalue weighted by Crippen LogP contribution is -2.35. The molecule has 88 valence electrons. The summed E-state index contributed by atoms with van der Waals surface area (Å²) in [5.41, 5.74) is 1.06. The highest BCUT2D eigenvalue weighted by Gasteiger charge is 2.15. The van der Waals surface area contributed by atoms with Crippen molar-refractivity contribution in [2.24, 2.45) is 0 Å². The predicted octanol–water partition coefficient (Wildman–Crippen LogP) is 2.66. The second-order valence-electron chi connectivity index (χ2n) is 3.66. The van der Waals surface area contributed by atoms with Crippen LogP contribution in [0.25, 0.3) is 0 Å². The Morgan fingerprint density at radius 3 is 2.69 bits per heavy atom. The van der Waals surface area contributed by atoms with Crippen LogP contribution in [-0.4, -0.2) is 19.1 Å². The van der Waals surface area contributed by atoms with Gasteiger partial charge < -0.3 is 10.1 Å². The van der Waals surface area contributed by atoms with E-state index in [0.717, 1.165) is 10.0 Å². The molecular formula is C12H16BrNO2. The molecule has 1 amide bonds. The van der Waals surface area contributed by atoms with Gasteiger partial charge in [-0.15, -0.1) is 0 Å². The molecule has 0 aliphatic carbocycles. The molecule has 0 saturated heterocycles. The van der Waals surface area contributed by atoms with E-state index in [4.69, 9.17) is 4.74 Å². The van der Waals surface area contributed by atoms with Crippen molar-refractivity contribution in [3.63, 3.8) is 0 Å². The molecule has 1 aromatic carbocycles. The van der Waals surface area contributed by atoms with E-state index in [1.165, 1.54) is 7.11 Å². The third-order valence-corrected chi connectivity index (χ3v) is 2.92. The van der Waals surface area contributed by atoms with Crippen molar-refractivity contribution in [2.75, 3.05) is 7.11 Å². The topological polar surface area (TPSA) is 38.3 Å². The number of halogens is 1. The molecule has 0 spiro atoms. The first kappa shape index (κ1) is 13.2. The number of hydrogen-bond donors (Lipinski definition) is 1. The Morgan fingerprint density at radius 2 is 2.12 bits per heavy atom. The fourth-order valence-corrected chi connectivity index (χ4v) is 1.71.